The zero-order chi connectivity index (χ0) is 8.31. The first-order valence-electron chi connectivity index (χ1n) is 3.28. The fourth-order valence-electron chi connectivity index (χ4n) is 0.527. The molecular weight excluding hydrogens is 132 g/mol. The van der Waals surface area contributed by atoms with Gasteiger partial charge in [-0.2, -0.15) is 0 Å². The van der Waals surface area contributed by atoms with Gasteiger partial charge in [-0.05, 0) is 13.8 Å². The first-order chi connectivity index (χ1) is 4.46. The lowest BCUT2D eigenvalue weighted by molar-refractivity contribution is -0.164. The number of nitrogens with zero attached hydrogens (tertiary/aromatic N) is 2. The second-order valence-corrected chi connectivity index (χ2v) is 2.41. The van der Waals surface area contributed by atoms with Gasteiger partial charge >= 0.3 is 0 Å². The van der Waals surface area contributed by atoms with Crippen LogP contribution in [0.2, 0.25) is 0 Å². The van der Waals surface area contributed by atoms with Gasteiger partial charge < -0.3 is 10.2 Å². The molecule has 0 radical (unpaired) electrons. The Labute approximate surface area is 61.6 Å². The molecule has 0 saturated carbocycles. The number of aliphatic hydroxyl groups excluding tert-OH is 2. The predicted molar refractivity (Wildman–Crippen MR) is 38.9 cm³/mol. The number of hydrogen-bond donors (Lipinski definition) is 2. The molecule has 0 saturated heterocycles. The zero-order valence-electron chi connectivity index (χ0n) is 6.94. The molecule has 0 rings (SSSR count). The van der Waals surface area contributed by atoms with E-state index in [9.17, 15) is 0 Å². The van der Waals surface area contributed by atoms with Crippen LogP contribution in [-0.2, 0) is 0 Å². The summed E-state index contributed by atoms with van der Waals surface area (Å²) in [5.41, 5.74) is 0. The third kappa shape index (κ3) is 2.62. The van der Waals surface area contributed by atoms with Crippen molar-refractivity contribution in [1.82, 2.24) is 10.0 Å². The van der Waals surface area contributed by atoms with Gasteiger partial charge in [0.2, 0.25) is 0 Å². The molecule has 4 nitrogen and oxygen atoms in total. The minimum Gasteiger partial charge on any atom is -0.377 e. The van der Waals surface area contributed by atoms with Gasteiger partial charge in [0, 0.05) is 14.1 Å². The molecule has 2 N–H and O–H groups in total. The first-order valence-corrected chi connectivity index (χ1v) is 3.28. The van der Waals surface area contributed by atoms with Crippen LogP contribution in [-0.4, -0.2) is 46.8 Å². The summed E-state index contributed by atoms with van der Waals surface area (Å²) in [7, 11) is 3.41. The standard InChI is InChI=1S/C6H16N2O2/c1-5(9)7(3)8(4)6(2)10/h5-6,9-10H,1-4H3. The topological polar surface area (TPSA) is 46.9 Å². The van der Waals surface area contributed by atoms with Gasteiger partial charge in [-0.3, -0.25) is 0 Å². The van der Waals surface area contributed by atoms with Crippen LogP contribution in [0.3, 0.4) is 0 Å². The molecule has 62 valence electrons. The molecule has 0 spiro atoms. The third-order valence-electron chi connectivity index (χ3n) is 1.58. The van der Waals surface area contributed by atoms with Crippen LogP contribution in [0.15, 0.2) is 0 Å². The van der Waals surface area contributed by atoms with E-state index < -0.39 is 12.5 Å². The molecule has 10 heavy (non-hydrogen) atoms. The van der Waals surface area contributed by atoms with Crippen molar-refractivity contribution in [1.29, 1.82) is 0 Å². The Hall–Kier alpha value is -0.160. The van der Waals surface area contributed by atoms with Gasteiger partial charge in [-0.15, -0.1) is 0 Å². The summed E-state index contributed by atoms with van der Waals surface area (Å²) in [4.78, 5) is 0. The molecule has 0 aliphatic rings. The van der Waals surface area contributed by atoms with Crippen molar-refractivity contribution in [2.75, 3.05) is 14.1 Å². The highest BCUT2D eigenvalue weighted by Crippen LogP contribution is 1.98. The van der Waals surface area contributed by atoms with Gasteiger partial charge in [0.05, 0.1) is 0 Å². The zero-order valence-corrected chi connectivity index (χ0v) is 6.94. The van der Waals surface area contributed by atoms with Gasteiger partial charge in [-0.1, -0.05) is 0 Å². The molecular formula is C6H16N2O2. The lowest BCUT2D eigenvalue weighted by Gasteiger charge is -2.32. The van der Waals surface area contributed by atoms with Crippen molar-refractivity contribution in [3.63, 3.8) is 0 Å². The van der Waals surface area contributed by atoms with Gasteiger partial charge in [0.25, 0.3) is 0 Å². The van der Waals surface area contributed by atoms with E-state index in [-0.39, 0.29) is 0 Å². The van der Waals surface area contributed by atoms with Crippen molar-refractivity contribution < 1.29 is 10.2 Å². The Kier molecular flexibility index (Phi) is 3.81. The Morgan fingerprint density at radius 3 is 1.20 bits per heavy atom. The maximum Gasteiger partial charge on any atom is 0.117 e. The Morgan fingerprint density at radius 2 is 1.10 bits per heavy atom. The Bertz CT molecular complexity index is 83.7. The van der Waals surface area contributed by atoms with Crippen LogP contribution in [0, 0.1) is 0 Å². The van der Waals surface area contributed by atoms with E-state index in [0.717, 1.165) is 0 Å². The van der Waals surface area contributed by atoms with Crippen molar-refractivity contribution >= 4 is 0 Å². The van der Waals surface area contributed by atoms with E-state index >= 15 is 0 Å². The molecule has 0 amide bonds. The van der Waals surface area contributed by atoms with Crippen molar-refractivity contribution in [2.45, 2.75) is 26.3 Å². The average molecular weight is 148 g/mol. The summed E-state index contributed by atoms with van der Waals surface area (Å²) in [6.07, 6.45) is -1.14. The van der Waals surface area contributed by atoms with Crippen LogP contribution in [0.4, 0.5) is 0 Å². The molecule has 0 heterocycles. The monoisotopic (exact) mass is 148 g/mol. The molecule has 0 aromatic carbocycles. The van der Waals surface area contributed by atoms with Gasteiger partial charge in [0.1, 0.15) is 12.5 Å². The SMILES string of the molecule is CC(O)N(C)N(C)C(C)O. The van der Waals surface area contributed by atoms with E-state index in [1.54, 1.807) is 38.0 Å². The van der Waals surface area contributed by atoms with Crippen LogP contribution in [0.25, 0.3) is 0 Å². The van der Waals surface area contributed by atoms with E-state index in [4.69, 9.17) is 10.2 Å². The summed E-state index contributed by atoms with van der Waals surface area (Å²) in [5, 5.41) is 21.1. The molecule has 0 aromatic heterocycles. The van der Waals surface area contributed by atoms with Gasteiger partial charge in [-0.25, -0.2) is 10.0 Å². The van der Waals surface area contributed by atoms with Crippen LogP contribution in [0.5, 0.6) is 0 Å². The largest absolute Gasteiger partial charge is 0.377 e. The maximum absolute atomic E-state index is 9.01. The van der Waals surface area contributed by atoms with Crippen molar-refractivity contribution in [3.8, 4) is 0 Å². The molecule has 0 aliphatic carbocycles. The maximum atomic E-state index is 9.01. The third-order valence-corrected chi connectivity index (χ3v) is 1.58. The highest BCUT2D eigenvalue weighted by Gasteiger charge is 2.13. The van der Waals surface area contributed by atoms with Crippen molar-refractivity contribution in [3.05, 3.63) is 0 Å². The number of hydrogen-bond acceptors (Lipinski definition) is 4. The minimum atomic E-state index is -0.570. The first kappa shape index (κ1) is 9.84. The minimum absolute atomic E-state index is 0.570. The Balaban J connectivity index is 3.81. The fourth-order valence-corrected chi connectivity index (χ4v) is 0.527. The molecule has 0 bridgehead atoms. The van der Waals surface area contributed by atoms with Crippen LogP contribution in [0.1, 0.15) is 13.8 Å². The van der Waals surface area contributed by atoms with Crippen LogP contribution < -0.4 is 0 Å². The smallest absolute Gasteiger partial charge is 0.117 e. The number of hydrazine groups is 1. The highest BCUT2D eigenvalue weighted by molar-refractivity contribution is 4.47. The normalized spacial score (nSPS) is 18.0. The second-order valence-electron chi connectivity index (χ2n) is 2.41. The number of aliphatic hydroxyl groups is 2. The summed E-state index contributed by atoms with van der Waals surface area (Å²) >= 11 is 0. The summed E-state index contributed by atoms with van der Waals surface area (Å²) in [6.45, 7) is 3.28. The lowest BCUT2D eigenvalue weighted by Crippen LogP contribution is -2.46. The molecule has 2 unspecified atom stereocenters. The summed E-state index contributed by atoms with van der Waals surface area (Å²) in [6, 6.07) is 0. The quantitative estimate of drug-likeness (QED) is 0.416. The summed E-state index contributed by atoms with van der Waals surface area (Å²) in [5.74, 6) is 0. The molecule has 0 aromatic rings. The molecule has 2 atom stereocenters. The second kappa shape index (κ2) is 3.88. The molecule has 4 heteroatoms. The molecule has 0 aliphatic heterocycles. The highest BCUT2D eigenvalue weighted by atomic mass is 16.3. The fraction of sp³-hybridized carbons (Fsp3) is 1.00. The van der Waals surface area contributed by atoms with Crippen LogP contribution >= 0.6 is 0 Å². The molecule has 0 fully saturated rings. The number of rotatable bonds is 3. The predicted octanol–water partition coefficient (Wildman–Crippen LogP) is -0.558. The average Bonchev–Trinajstić information content (AvgIpc) is 1.84. The van der Waals surface area contributed by atoms with E-state index in [1.807, 2.05) is 0 Å². The van der Waals surface area contributed by atoms with E-state index in [0.29, 0.717) is 0 Å². The van der Waals surface area contributed by atoms with Crippen molar-refractivity contribution in [2.24, 2.45) is 0 Å². The van der Waals surface area contributed by atoms with Gasteiger partial charge in [0.15, 0.2) is 0 Å². The Morgan fingerprint density at radius 1 is 0.900 bits per heavy atom. The lowest BCUT2D eigenvalue weighted by atomic mass is 10.6. The van der Waals surface area contributed by atoms with E-state index in [1.165, 1.54) is 0 Å². The van der Waals surface area contributed by atoms with E-state index in [2.05, 4.69) is 0 Å². The summed E-state index contributed by atoms with van der Waals surface area (Å²) < 4.78 is 0.